The van der Waals surface area contributed by atoms with E-state index < -0.39 is 0 Å². The van der Waals surface area contributed by atoms with Gasteiger partial charge < -0.3 is 10.5 Å². The minimum Gasteiger partial charge on any atom is -0.384 e. The van der Waals surface area contributed by atoms with Crippen molar-refractivity contribution in [3.8, 4) is 0 Å². The van der Waals surface area contributed by atoms with E-state index in [4.69, 9.17) is 10.5 Å². The standard InChI is InChI=1S/C18H32N3O3/c1-13(2)14(3)16(23)8-6-15-7-9-18(24-15)21(5,12-22)11-10-17(19)20-4/h10-15,18H,6-9H2,1-5H3,(H2,19,20)/q+1/b11-10-. The molecule has 2 N–H and O–H groups in total. The Bertz CT molecular complexity index is 502. The molecule has 0 bridgehead atoms. The van der Waals surface area contributed by atoms with E-state index >= 15 is 0 Å². The number of aliphatic imine (C=N–C) groups is 1. The zero-order valence-electron chi connectivity index (χ0n) is 15.6. The van der Waals surface area contributed by atoms with E-state index in [9.17, 15) is 9.59 Å². The van der Waals surface area contributed by atoms with Gasteiger partial charge in [-0.3, -0.25) is 9.79 Å². The second-order valence-electron chi connectivity index (χ2n) is 7.12. The lowest BCUT2D eigenvalue weighted by Crippen LogP contribution is -2.47. The summed E-state index contributed by atoms with van der Waals surface area (Å²) < 4.78 is 6.03. The highest BCUT2D eigenvalue weighted by Crippen LogP contribution is 2.29. The number of ether oxygens (including phenoxy) is 1. The molecule has 0 saturated carbocycles. The molecule has 1 heterocycles. The highest BCUT2D eigenvalue weighted by atomic mass is 16.5. The van der Waals surface area contributed by atoms with Gasteiger partial charge in [-0.25, -0.2) is 9.28 Å². The first-order valence-electron chi connectivity index (χ1n) is 8.65. The second kappa shape index (κ2) is 9.08. The van der Waals surface area contributed by atoms with Crippen LogP contribution >= 0.6 is 0 Å². The number of nitrogens with two attached hydrogens (primary N) is 1. The van der Waals surface area contributed by atoms with Crippen LogP contribution in [0, 0.1) is 11.8 Å². The van der Waals surface area contributed by atoms with Crippen LogP contribution < -0.4 is 5.73 Å². The fourth-order valence-electron chi connectivity index (χ4n) is 2.72. The molecule has 24 heavy (non-hydrogen) atoms. The summed E-state index contributed by atoms with van der Waals surface area (Å²) in [7, 11) is 3.38. The van der Waals surface area contributed by atoms with Gasteiger partial charge in [-0.05, 0) is 18.8 Å². The van der Waals surface area contributed by atoms with Gasteiger partial charge >= 0.3 is 6.41 Å². The number of rotatable bonds is 9. The fourth-order valence-corrected chi connectivity index (χ4v) is 2.72. The molecule has 1 aliphatic rings. The van der Waals surface area contributed by atoms with Gasteiger partial charge in [-0.15, -0.1) is 0 Å². The molecule has 1 rings (SSSR count). The van der Waals surface area contributed by atoms with Crippen LogP contribution in [0.25, 0.3) is 0 Å². The Balaban J connectivity index is 2.59. The SMILES string of the molecule is CN=C(N)/C=C\[N+](C)(C=O)C1CCC(CCC(=O)C(C)C(C)C)O1. The number of amides is 1. The van der Waals surface area contributed by atoms with E-state index in [0.29, 0.717) is 24.6 Å². The van der Waals surface area contributed by atoms with Gasteiger partial charge in [-0.2, -0.15) is 0 Å². The van der Waals surface area contributed by atoms with Crippen molar-refractivity contribution in [2.45, 2.75) is 58.8 Å². The van der Waals surface area contributed by atoms with Crippen molar-refractivity contribution in [3.63, 3.8) is 0 Å². The van der Waals surface area contributed by atoms with Crippen LogP contribution in [0.15, 0.2) is 17.3 Å². The maximum absolute atomic E-state index is 12.1. The molecule has 6 heteroatoms. The maximum atomic E-state index is 12.1. The number of ketones is 1. The Hall–Kier alpha value is -1.53. The molecule has 0 aromatic rings. The average Bonchev–Trinajstić information content (AvgIpc) is 3.05. The molecule has 6 nitrogen and oxygen atoms in total. The van der Waals surface area contributed by atoms with Gasteiger partial charge in [0.15, 0.2) is 0 Å². The lowest BCUT2D eigenvalue weighted by Gasteiger charge is -2.29. The van der Waals surface area contributed by atoms with Gasteiger partial charge in [0.1, 0.15) is 17.8 Å². The van der Waals surface area contributed by atoms with Crippen LogP contribution in [0.3, 0.4) is 0 Å². The number of amidine groups is 1. The Morgan fingerprint density at radius 1 is 1.38 bits per heavy atom. The number of hydrogen-bond acceptors (Lipinski definition) is 4. The van der Waals surface area contributed by atoms with E-state index in [1.165, 1.54) is 0 Å². The summed E-state index contributed by atoms with van der Waals surface area (Å²) in [6, 6.07) is 0. The van der Waals surface area contributed by atoms with Gasteiger partial charge in [0, 0.05) is 31.9 Å². The quantitative estimate of drug-likeness (QED) is 0.302. The van der Waals surface area contributed by atoms with Gasteiger partial charge in [0.25, 0.3) is 0 Å². The van der Waals surface area contributed by atoms with Crippen molar-refractivity contribution < 1.29 is 18.8 Å². The molecule has 1 fully saturated rings. The summed E-state index contributed by atoms with van der Waals surface area (Å²) in [6.07, 6.45) is 6.85. The average molecular weight is 338 g/mol. The van der Waals surface area contributed by atoms with Crippen LogP contribution in [0.2, 0.25) is 0 Å². The Kier molecular flexibility index (Phi) is 7.76. The molecule has 0 aromatic heterocycles. The third kappa shape index (κ3) is 5.53. The molecule has 4 unspecified atom stereocenters. The van der Waals surface area contributed by atoms with Gasteiger partial charge in [-0.1, -0.05) is 20.8 Å². The van der Waals surface area contributed by atoms with E-state index in [-0.39, 0.29) is 28.5 Å². The number of quaternary nitrogens is 1. The molecule has 0 aliphatic carbocycles. The van der Waals surface area contributed by atoms with Crippen molar-refractivity contribution in [3.05, 3.63) is 12.3 Å². The summed E-state index contributed by atoms with van der Waals surface area (Å²) >= 11 is 0. The highest BCUT2D eigenvalue weighted by molar-refractivity contribution is 5.91. The first-order chi connectivity index (χ1) is 11.2. The van der Waals surface area contributed by atoms with E-state index in [1.807, 2.05) is 6.92 Å². The molecular formula is C18H32N3O3+. The van der Waals surface area contributed by atoms with Crippen molar-refractivity contribution in [2.75, 3.05) is 14.1 Å². The van der Waals surface area contributed by atoms with E-state index in [0.717, 1.165) is 19.3 Å². The number of carbonyl (C=O) groups is 2. The molecular weight excluding hydrogens is 306 g/mol. The molecule has 0 radical (unpaired) electrons. The van der Waals surface area contributed by atoms with Crippen molar-refractivity contribution in [2.24, 2.45) is 22.6 Å². The van der Waals surface area contributed by atoms with Crippen LogP contribution in [0.4, 0.5) is 0 Å². The zero-order chi connectivity index (χ0) is 18.3. The topological polar surface area (TPSA) is 81.8 Å². The van der Waals surface area contributed by atoms with Crippen molar-refractivity contribution >= 4 is 18.0 Å². The van der Waals surface area contributed by atoms with Crippen LogP contribution in [-0.4, -0.2) is 48.9 Å². The summed E-state index contributed by atoms with van der Waals surface area (Å²) in [4.78, 5) is 27.5. The van der Waals surface area contributed by atoms with Crippen molar-refractivity contribution in [1.29, 1.82) is 0 Å². The monoisotopic (exact) mass is 338 g/mol. The Morgan fingerprint density at radius 3 is 2.58 bits per heavy atom. The zero-order valence-corrected chi connectivity index (χ0v) is 15.6. The Morgan fingerprint density at radius 2 is 2.04 bits per heavy atom. The maximum Gasteiger partial charge on any atom is 0.308 e. The molecule has 1 saturated heterocycles. The predicted molar refractivity (Wildman–Crippen MR) is 95.1 cm³/mol. The number of hydrogen-bond donors (Lipinski definition) is 1. The predicted octanol–water partition coefficient (Wildman–Crippen LogP) is 2.24. The summed E-state index contributed by atoms with van der Waals surface area (Å²) in [5.41, 5.74) is 5.65. The third-order valence-corrected chi connectivity index (χ3v) is 4.98. The first-order valence-corrected chi connectivity index (χ1v) is 8.65. The first kappa shape index (κ1) is 20.5. The molecule has 0 spiro atoms. The van der Waals surface area contributed by atoms with Gasteiger partial charge in [0.05, 0.1) is 13.2 Å². The minimum atomic E-state index is -0.244. The lowest BCUT2D eigenvalue weighted by atomic mass is 9.90. The Labute approximate surface area is 145 Å². The fraction of sp³-hybridized carbons (Fsp3) is 0.722. The molecule has 0 aromatic carbocycles. The van der Waals surface area contributed by atoms with E-state index in [2.05, 4.69) is 18.8 Å². The van der Waals surface area contributed by atoms with Crippen molar-refractivity contribution in [1.82, 2.24) is 0 Å². The van der Waals surface area contributed by atoms with Crippen LogP contribution in [-0.2, 0) is 14.3 Å². The van der Waals surface area contributed by atoms with Crippen LogP contribution in [0.1, 0.15) is 46.5 Å². The number of nitrogens with zero attached hydrogens (tertiary/aromatic N) is 2. The molecule has 1 amide bonds. The van der Waals surface area contributed by atoms with E-state index in [1.54, 1.807) is 26.4 Å². The number of Topliss-reactive ketones (excluding diaryl/α,β-unsaturated/α-hetero) is 1. The molecule has 136 valence electrons. The third-order valence-electron chi connectivity index (χ3n) is 4.98. The van der Waals surface area contributed by atoms with Crippen LogP contribution in [0.5, 0.6) is 0 Å². The summed E-state index contributed by atoms with van der Waals surface area (Å²) in [5, 5.41) is 0. The smallest absolute Gasteiger partial charge is 0.308 e. The largest absolute Gasteiger partial charge is 0.384 e. The summed E-state index contributed by atoms with van der Waals surface area (Å²) in [6.45, 7) is 6.11. The molecule has 4 atom stereocenters. The summed E-state index contributed by atoms with van der Waals surface area (Å²) in [5.74, 6) is 1.10. The molecule has 1 aliphatic heterocycles. The second-order valence-corrected chi connectivity index (χ2v) is 7.12. The van der Waals surface area contributed by atoms with Gasteiger partial charge in [0.2, 0.25) is 6.23 Å². The lowest BCUT2D eigenvalue weighted by molar-refractivity contribution is -0.826. The minimum absolute atomic E-state index is 0.00304. The highest BCUT2D eigenvalue weighted by Gasteiger charge is 2.39. The normalized spacial score (nSPS) is 25.8. The number of carbonyl (C=O) groups excluding carboxylic acids is 2.